The van der Waals surface area contributed by atoms with Crippen molar-refractivity contribution in [1.82, 2.24) is 0 Å². The number of rotatable bonds is 4. The first-order valence-corrected chi connectivity index (χ1v) is 4.43. The monoisotopic (exact) mass is 177 g/mol. The van der Waals surface area contributed by atoms with Gasteiger partial charge in [-0.1, -0.05) is 30.3 Å². The second-order valence-corrected chi connectivity index (χ2v) is 2.92. The van der Waals surface area contributed by atoms with Crippen LogP contribution in [0.25, 0.3) is 0 Å². The smallest absolute Gasteiger partial charge is 0.305 e. The van der Waals surface area contributed by atoms with Crippen LogP contribution in [0.3, 0.4) is 0 Å². The molecule has 0 spiro atoms. The Kier molecular flexibility index (Phi) is 4.03. The van der Waals surface area contributed by atoms with Gasteiger partial charge in [-0.2, -0.15) is 0 Å². The van der Waals surface area contributed by atoms with Crippen LogP contribution in [0, 0.1) is 0 Å². The number of carbonyl (C=O) groups excluding carboxylic acids is 1. The Bertz CT molecular complexity index is 254. The van der Waals surface area contributed by atoms with Gasteiger partial charge in [0.2, 0.25) is 0 Å². The Labute approximate surface area is 78.5 Å². The summed E-state index contributed by atoms with van der Waals surface area (Å²) in [4.78, 5) is 10.8. The number of methoxy groups -OCH3 is 1. The highest BCUT2D eigenvalue weighted by Gasteiger charge is 1.99. The minimum atomic E-state index is -0.129. The van der Waals surface area contributed by atoms with E-state index in [0.717, 1.165) is 12.8 Å². The molecule has 2 nitrogen and oxygen atoms in total. The van der Waals surface area contributed by atoms with Crippen molar-refractivity contribution in [2.24, 2.45) is 0 Å². The molecule has 0 aliphatic rings. The van der Waals surface area contributed by atoms with Gasteiger partial charge in [0.1, 0.15) is 0 Å². The van der Waals surface area contributed by atoms with E-state index in [2.05, 4.69) is 16.9 Å². The Morgan fingerprint density at radius 2 is 2.00 bits per heavy atom. The summed E-state index contributed by atoms with van der Waals surface area (Å²) in [5.41, 5.74) is 1.27. The van der Waals surface area contributed by atoms with E-state index in [1.807, 2.05) is 18.2 Å². The van der Waals surface area contributed by atoms with E-state index in [-0.39, 0.29) is 5.97 Å². The molecule has 0 unspecified atom stereocenters. The van der Waals surface area contributed by atoms with Gasteiger partial charge >= 0.3 is 5.97 Å². The maximum Gasteiger partial charge on any atom is 0.305 e. The molecule has 0 aliphatic heterocycles. The van der Waals surface area contributed by atoms with E-state index >= 15 is 0 Å². The average molecular weight is 177 g/mol. The van der Waals surface area contributed by atoms with Crippen LogP contribution in [0.15, 0.2) is 30.3 Å². The SMILES string of the molecule is CO[11C](=O)CCCc1ccccc1. The van der Waals surface area contributed by atoms with Gasteiger partial charge in [0, 0.05) is 6.42 Å². The van der Waals surface area contributed by atoms with Gasteiger partial charge in [0.25, 0.3) is 0 Å². The van der Waals surface area contributed by atoms with Crippen LogP contribution in [0.4, 0.5) is 0 Å². The summed E-state index contributed by atoms with van der Waals surface area (Å²) in [6, 6.07) is 10.1. The van der Waals surface area contributed by atoms with Crippen LogP contribution in [0.5, 0.6) is 0 Å². The molecule has 0 radical (unpaired) electrons. The number of aryl methyl sites for hydroxylation is 1. The van der Waals surface area contributed by atoms with Crippen LogP contribution in [0.1, 0.15) is 18.4 Å². The van der Waals surface area contributed by atoms with Gasteiger partial charge in [0.15, 0.2) is 0 Å². The van der Waals surface area contributed by atoms with E-state index in [4.69, 9.17) is 0 Å². The maximum absolute atomic E-state index is 10.8. The topological polar surface area (TPSA) is 26.3 Å². The lowest BCUT2D eigenvalue weighted by atomic mass is 9.95. The van der Waals surface area contributed by atoms with E-state index in [9.17, 15) is 4.79 Å². The average Bonchev–Trinajstić information content (AvgIpc) is 2.19. The van der Waals surface area contributed by atoms with E-state index in [1.54, 1.807) is 0 Å². The highest BCUT2D eigenvalue weighted by molar-refractivity contribution is 5.69. The maximum atomic E-state index is 10.8. The van der Waals surface area contributed by atoms with Gasteiger partial charge in [-0.05, 0) is 18.4 Å². The lowest BCUT2D eigenvalue weighted by molar-refractivity contribution is -0.140. The number of ether oxygens (including phenoxy) is 1. The van der Waals surface area contributed by atoms with Crippen LogP contribution in [-0.4, -0.2) is 13.1 Å². The molecule has 0 saturated heterocycles. The highest BCUT2D eigenvalue weighted by atomic mass is 16.5. The third-order valence-electron chi connectivity index (χ3n) is 1.92. The Balaban J connectivity index is 2.24. The van der Waals surface area contributed by atoms with Crippen molar-refractivity contribution in [3.8, 4) is 0 Å². The molecule has 0 N–H and O–H groups in total. The highest BCUT2D eigenvalue weighted by Crippen LogP contribution is 2.04. The zero-order valence-corrected chi connectivity index (χ0v) is 7.82. The molecule has 0 saturated carbocycles. The Hall–Kier alpha value is -1.31. The molecule has 1 aromatic carbocycles. The summed E-state index contributed by atoms with van der Waals surface area (Å²) in [5, 5.41) is 0. The summed E-state index contributed by atoms with van der Waals surface area (Å²) < 4.78 is 4.55. The predicted molar refractivity (Wildman–Crippen MR) is 51.4 cm³/mol. The van der Waals surface area contributed by atoms with E-state index < -0.39 is 0 Å². The van der Waals surface area contributed by atoms with Gasteiger partial charge < -0.3 is 4.74 Å². The lowest BCUT2D eigenvalue weighted by Crippen LogP contribution is -2.00. The van der Waals surface area contributed by atoms with Gasteiger partial charge in [-0.25, -0.2) is 0 Å². The number of hydrogen-bond donors (Lipinski definition) is 0. The fourth-order valence-electron chi connectivity index (χ4n) is 1.18. The molecule has 0 amide bonds. The molecular weight excluding hydrogens is 163 g/mol. The van der Waals surface area contributed by atoms with Crippen molar-refractivity contribution in [3.05, 3.63) is 35.9 Å². The molecule has 70 valence electrons. The van der Waals surface area contributed by atoms with Crippen LogP contribution in [-0.2, 0) is 16.0 Å². The van der Waals surface area contributed by atoms with Crippen LogP contribution >= 0.6 is 0 Å². The first-order valence-electron chi connectivity index (χ1n) is 4.43. The molecule has 1 aromatic rings. The molecular formula is C11H14O2. The largest absolute Gasteiger partial charge is 0.469 e. The van der Waals surface area contributed by atoms with Crippen LogP contribution in [0.2, 0.25) is 0 Å². The number of hydrogen-bond acceptors (Lipinski definition) is 2. The summed E-state index contributed by atoms with van der Waals surface area (Å²) in [7, 11) is 1.42. The molecule has 2 heteroatoms. The quantitative estimate of drug-likeness (QED) is 0.659. The molecule has 0 atom stereocenters. The number of benzene rings is 1. The van der Waals surface area contributed by atoms with Crippen molar-refractivity contribution in [2.75, 3.05) is 7.11 Å². The summed E-state index contributed by atoms with van der Waals surface area (Å²) in [5.74, 6) is -0.129. The van der Waals surface area contributed by atoms with Crippen molar-refractivity contribution in [2.45, 2.75) is 19.3 Å². The minimum Gasteiger partial charge on any atom is -0.469 e. The normalized spacial score (nSPS) is 9.62. The fourth-order valence-corrected chi connectivity index (χ4v) is 1.18. The van der Waals surface area contributed by atoms with Crippen molar-refractivity contribution in [1.29, 1.82) is 0 Å². The van der Waals surface area contributed by atoms with Crippen molar-refractivity contribution < 1.29 is 9.53 Å². The van der Waals surface area contributed by atoms with Gasteiger partial charge in [0.05, 0.1) is 7.11 Å². The molecule has 0 aromatic heterocycles. The molecule has 0 fully saturated rings. The lowest BCUT2D eigenvalue weighted by Gasteiger charge is -1.99. The first kappa shape index (κ1) is 9.78. The summed E-state index contributed by atoms with van der Waals surface area (Å²) in [6.07, 6.45) is 2.30. The first-order chi connectivity index (χ1) is 6.33. The predicted octanol–water partition coefficient (Wildman–Crippen LogP) is 2.18. The van der Waals surface area contributed by atoms with Crippen LogP contribution < -0.4 is 0 Å². The molecule has 0 bridgehead atoms. The molecule has 0 heterocycles. The zero-order chi connectivity index (χ0) is 9.52. The third-order valence-corrected chi connectivity index (χ3v) is 1.92. The minimum absolute atomic E-state index is 0.129. The van der Waals surface area contributed by atoms with Crippen molar-refractivity contribution in [3.63, 3.8) is 0 Å². The van der Waals surface area contributed by atoms with E-state index in [1.165, 1.54) is 12.7 Å². The third kappa shape index (κ3) is 3.74. The molecule has 1 rings (SSSR count). The second-order valence-electron chi connectivity index (χ2n) is 2.92. The Morgan fingerprint density at radius 1 is 1.31 bits per heavy atom. The van der Waals surface area contributed by atoms with E-state index in [0.29, 0.717) is 6.42 Å². The fraction of sp³-hybridized carbons (Fsp3) is 0.364. The molecule has 13 heavy (non-hydrogen) atoms. The standard InChI is InChI=1S/C11H14O2/c1-13-11(12)9-5-8-10-6-3-2-4-7-10/h2-4,6-7H,5,8-9H2,1H3/i11-1. The second kappa shape index (κ2) is 5.36. The van der Waals surface area contributed by atoms with Crippen molar-refractivity contribution >= 4 is 5.97 Å². The Morgan fingerprint density at radius 3 is 2.62 bits per heavy atom. The summed E-state index contributed by atoms with van der Waals surface area (Å²) in [6.45, 7) is 0. The number of carbonyl (C=O) groups is 1. The van der Waals surface area contributed by atoms with Gasteiger partial charge in [-0.15, -0.1) is 0 Å². The number of esters is 1. The molecule has 0 aliphatic carbocycles. The van der Waals surface area contributed by atoms with Gasteiger partial charge in [-0.3, -0.25) is 4.79 Å². The summed E-state index contributed by atoms with van der Waals surface area (Å²) >= 11 is 0. The zero-order valence-electron chi connectivity index (χ0n) is 7.82.